The average molecular weight is 353 g/mol. The molecule has 0 aliphatic carbocycles. The van der Waals surface area contributed by atoms with Crippen molar-refractivity contribution >= 4 is 6.03 Å². The van der Waals surface area contributed by atoms with Gasteiger partial charge in [0.1, 0.15) is 5.76 Å². The van der Waals surface area contributed by atoms with Gasteiger partial charge in [0.2, 0.25) is 0 Å². The molecule has 2 fully saturated rings. The molecule has 4 rings (SSSR count). The van der Waals surface area contributed by atoms with Gasteiger partial charge in [-0.15, -0.1) is 0 Å². The van der Waals surface area contributed by atoms with E-state index in [1.54, 1.807) is 6.26 Å². The second-order valence-electron chi connectivity index (χ2n) is 7.47. The standard InChI is InChI=1S/C21H27N3O2/c25-21(22-14-16-6-2-1-3-7-16)23-17-12-18-8-4-9-19(13-17)24(18)15-20-10-5-11-26-20/h1-3,5-7,10-11,17-19H,4,8-9,12-15H2,(H2,22,23,25). The number of rotatable bonds is 5. The number of hydrogen-bond acceptors (Lipinski definition) is 3. The van der Waals surface area contributed by atoms with Crippen LogP contribution < -0.4 is 10.6 Å². The van der Waals surface area contributed by atoms with Gasteiger partial charge in [-0.1, -0.05) is 36.8 Å². The summed E-state index contributed by atoms with van der Waals surface area (Å²) in [6.07, 6.45) is 7.50. The molecule has 2 bridgehead atoms. The van der Waals surface area contributed by atoms with E-state index in [4.69, 9.17) is 4.42 Å². The van der Waals surface area contributed by atoms with Crippen LogP contribution in [0.25, 0.3) is 0 Å². The van der Waals surface area contributed by atoms with Crippen LogP contribution in [0, 0.1) is 0 Å². The number of fused-ring (bicyclic) bond motifs is 2. The van der Waals surface area contributed by atoms with Crippen molar-refractivity contribution in [2.75, 3.05) is 0 Å². The number of carbonyl (C=O) groups excluding carboxylic acids is 1. The Morgan fingerprint density at radius 3 is 2.54 bits per heavy atom. The molecule has 2 atom stereocenters. The third-order valence-electron chi connectivity index (χ3n) is 5.68. The summed E-state index contributed by atoms with van der Waals surface area (Å²) < 4.78 is 5.55. The van der Waals surface area contributed by atoms with Gasteiger partial charge in [0.15, 0.2) is 0 Å². The largest absolute Gasteiger partial charge is 0.468 e. The van der Waals surface area contributed by atoms with E-state index in [1.165, 1.54) is 19.3 Å². The van der Waals surface area contributed by atoms with E-state index in [-0.39, 0.29) is 12.1 Å². The van der Waals surface area contributed by atoms with Crippen LogP contribution in [0.2, 0.25) is 0 Å². The average Bonchev–Trinajstić information content (AvgIpc) is 3.15. The van der Waals surface area contributed by atoms with Gasteiger partial charge in [-0.2, -0.15) is 0 Å². The molecule has 2 aliphatic heterocycles. The molecule has 26 heavy (non-hydrogen) atoms. The maximum absolute atomic E-state index is 12.3. The minimum Gasteiger partial charge on any atom is -0.468 e. The zero-order valence-electron chi connectivity index (χ0n) is 15.1. The molecule has 2 N–H and O–H groups in total. The number of benzene rings is 1. The normalized spacial score (nSPS) is 25.6. The van der Waals surface area contributed by atoms with Crippen molar-refractivity contribution in [3.63, 3.8) is 0 Å². The number of carbonyl (C=O) groups is 1. The summed E-state index contributed by atoms with van der Waals surface area (Å²) >= 11 is 0. The van der Waals surface area contributed by atoms with E-state index >= 15 is 0 Å². The van der Waals surface area contributed by atoms with Crippen molar-refractivity contribution in [1.29, 1.82) is 0 Å². The number of piperidine rings is 2. The van der Waals surface area contributed by atoms with E-state index in [0.717, 1.165) is 30.7 Å². The molecule has 2 unspecified atom stereocenters. The maximum atomic E-state index is 12.3. The third-order valence-corrected chi connectivity index (χ3v) is 5.68. The summed E-state index contributed by atoms with van der Waals surface area (Å²) in [4.78, 5) is 14.9. The first kappa shape index (κ1) is 17.2. The zero-order valence-corrected chi connectivity index (χ0v) is 15.1. The van der Waals surface area contributed by atoms with Crippen LogP contribution in [0.4, 0.5) is 4.79 Å². The van der Waals surface area contributed by atoms with Crippen LogP contribution in [0.3, 0.4) is 0 Å². The summed E-state index contributed by atoms with van der Waals surface area (Å²) in [6.45, 7) is 1.45. The summed E-state index contributed by atoms with van der Waals surface area (Å²) in [5.74, 6) is 1.04. The smallest absolute Gasteiger partial charge is 0.315 e. The number of amides is 2. The summed E-state index contributed by atoms with van der Waals surface area (Å²) in [5, 5.41) is 6.18. The van der Waals surface area contributed by atoms with E-state index in [0.29, 0.717) is 18.6 Å². The molecule has 2 amide bonds. The molecule has 1 aromatic carbocycles. The summed E-state index contributed by atoms with van der Waals surface area (Å²) in [7, 11) is 0. The van der Waals surface area contributed by atoms with Crippen LogP contribution >= 0.6 is 0 Å². The fraction of sp³-hybridized carbons (Fsp3) is 0.476. The highest BCUT2D eigenvalue weighted by molar-refractivity contribution is 5.74. The Kier molecular flexibility index (Phi) is 5.25. The minimum atomic E-state index is -0.0589. The molecule has 2 saturated heterocycles. The molecule has 0 saturated carbocycles. The van der Waals surface area contributed by atoms with Gasteiger partial charge >= 0.3 is 6.03 Å². The van der Waals surface area contributed by atoms with Gasteiger partial charge in [-0.25, -0.2) is 4.79 Å². The lowest BCUT2D eigenvalue weighted by Gasteiger charge is -2.48. The second kappa shape index (κ2) is 7.96. The van der Waals surface area contributed by atoms with E-state index < -0.39 is 0 Å². The van der Waals surface area contributed by atoms with Crippen molar-refractivity contribution in [1.82, 2.24) is 15.5 Å². The Morgan fingerprint density at radius 1 is 1.08 bits per heavy atom. The quantitative estimate of drug-likeness (QED) is 0.862. The molecule has 1 aromatic heterocycles. The van der Waals surface area contributed by atoms with Crippen molar-refractivity contribution < 1.29 is 9.21 Å². The molecule has 2 aliphatic rings. The maximum Gasteiger partial charge on any atom is 0.315 e. The van der Waals surface area contributed by atoms with Gasteiger partial charge in [-0.3, -0.25) is 4.90 Å². The monoisotopic (exact) mass is 353 g/mol. The number of hydrogen-bond donors (Lipinski definition) is 2. The molecule has 5 nitrogen and oxygen atoms in total. The Hall–Kier alpha value is -2.27. The molecular formula is C21H27N3O2. The Bertz CT molecular complexity index is 687. The van der Waals surface area contributed by atoms with E-state index in [1.807, 2.05) is 36.4 Å². The van der Waals surface area contributed by atoms with Gasteiger partial charge in [-0.05, 0) is 43.4 Å². The third kappa shape index (κ3) is 4.10. The van der Waals surface area contributed by atoms with Crippen LogP contribution in [0.1, 0.15) is 43.4 Å². The fourth-order valence-electron chi connectivity index (χ4n) is 4.45. The Balaban J connectivity index is 1.30. The molecule has 0 radical (unpaired) electrons. The number of urea groups is 1. The number of nitrogens with zero attached hydrogens (tertiary/aromatic N) is 1. The van der Waals surface area contributed by atoms with E-state index in [2.05, 4.69) is 21.6 Å². The Labute approximate surface area is 154 Å². The highest BCUT2D eigenvalue weighted by Crippen LogP contribution is 2.35. The van der Waals surface area contributed by atoms with Crippen molar-refractivity contribution in [2.45, 2.75) is 63.3 Å². The molecule has 5 heteroatoms. The lowest BCUT2D eigenvalue weighted by Crippen LogP contribution is -2.57. The van der Waals surface area contributed by atoms with Crippen molar-refractivity contribution in [3.05, 3.63) is 60.1 Å². The first-order valence-electron chi connectivity index (χ1n) is 9.64. The highest BCUT2D eigenvalue weighted by atomic mass is 16.3. The lowest BCUT2D eigenvalue weighted by atomic mass is 9.81. The number of furan rings is 1. The summed E-state index contributed by atoms with van der Waals surface area (Å²) in [6, 6.07) is 15.3. The van der Waals surface area contributed by atoms with E-state index in [9.17, 15) is 4.79 Å². The van der Waals surface area contributed by atoms with Gasteiger partial charge in [0.05, 0.1) is 12.8 Å². The van der Waals surface area contributed by atoms with Crippen LogP contribution in [-0.4, -0.2) is 29.1 Å². The second-order valence-corrected chi connectivity index (χ2v) is 7.47. The van der Waals surface area contributed by atoms with Gasteiger partial charge < -0.3 is 15.1 Å². The number of nitrogens with one attached hydrogen (secondary N) is 2. The molecule has 0 spiro atoms. The molecule has 3 heterocycles. The zero-order chi connectivity index (χ0) is 17.8. The fourth-order valence-corrected chi connectivity index (χ4v) is 4.45. The SMILES string of the molecule is O=C(NCc1ccccc1)NC1CC2CCCC(C1)N2Cc1ccco1. The first-order chi connectivity index (χ1) is 12.8. The predicted molar refractivity (Wildman–Crippen MR) is 101 cm³/mol. The topological polar surface area (TPSA) is 57.5 Å². The van der Waals surface area contributed by atoms with Crippen molar-refractivity contribution in [3.8, 4) is 0 Å². The molecule has 138 valence electrons. The highest BCUT2D eigenvalue weighted by Gasteiger charge is 2.38. The van der Waals surface area contributed by atoms with Gasteiger partial charge in [0, 0.05) is 24.7 Å². The Morgan fingerprint density at radius 2 is 1.85 bits per heavy atom. The minimum absolute atomic E-state index is 0.0589. The van der Waals surface area contributed by atoms with Gasteiger partial charge in [0.25, 0.3) is 0 Å². The van der Waals surface area contributed by atoms with Crippen LogP contribution in [-0.2, 0) is 13.1 Å². The summed E-state index contributed by atoms with van der Waals surface area (Å²) in [5.41, 5.74) is 1.12. The lowest BCUT2D eigenvalue weighted by molar-refractivity contribution is 0.0147. The predicted octanol–water partition coefficient (Wildman–Crippen LogP) is 3.66. The molecular weight excluding hydrogens is 326 g/mol. The van der Waals surface area contributed by atoms with Crippen LogP contribution in [0.5, 0.6) is 0 Å². The van der Waals surface area contributed by atoms with Crippen molar-refractivity contribution in [2.24, 2.45) is 0 Å². The van der Waals surface area contributed by atoms with Crippen LogP contribution in [0.15, 0.2) is 53.1 Å². The first-order valence-corrected chi connectivity index (χ1v) is 9.64. The molecule has 2 aromatic rings.